The number of hydrogen-bond acceptors (Lipinski definition) is 7. The predicted molar refractivity (Wildman–Crippen MR) is 94.8 cm³/mol. The van der Waals surface area contributed by atoms with E-state index in [1.807, 2.05) is 0 Å². The maximum absolute atomic E-state index is 11.1. The molecule has 0 spiro atoms. The van der Waals surface area contributed by atoms with Crippen LogP contribution in [0.4, 0.5) is 0 Å². The van der Waals surface area contributed by atoms with E-state index < -0.39 is 31.7 Å². The molecular formula is C10H18B2O8P2S2. The van der Waals surface area contributed by atoms with Gasteiger partial charge < -0.3 is 28.3 Å². The Labute approximate surface area is 153 Å². The first kappa shape index (κ1) is 21.4. The molecule has 24 heavy (non-hydrogen) atoms. The molecule has 0 saturated carbocycles. The number of ether oxygens (including phenoxy) is 2. The molecule has 7 atom stereocenters. The van der Waals surface area contributed by atoms with Crippen molar-refractivity contribution in [3.8, 4) is 0 Å². The highest BCUT2D eigenvalue weighted by Crippen LogP contribution is 2.50. The first-order chi connectivity index (χ1) is 11.0. The molecule has 2 N–H and O–H groups in total. The largest absolute Gasteiger partial charge is 0.383 e. The van der Waals surface area contributed by atoms with E-state index in [1.54, 1.807) is 0 Å². The minimum atomic E-state index is -3.97. The summed E-state index contributed by atoms with van der Waals surface area (Å²) in [5.74, 6) is 0. The molecule has 3 unspecified atom stereocenters. The minimum absolute atomic E-state index is 0.0603. The predicted octanol–water partition coefficient (Wildman–Crippen LogP) is 0.609. The highest BCUT2D eigenvalue weighted by Gasteiger charge is 2.38. The number of rotatable bonds is 8. The third kappa shape index (κ3) is 7.37. The first-order valence-electron chi connectivity index (χ1n) is 7.22. The molecule has 8 nitrogen and oxygen atoms in total. The Morgan fingerprint density at radius 1 is 1.17 bits per heavy atom. The summed E-state index contributed by atoms with van der Waals surface area (Å²) in [6.07, 6.45) is -0.117. The summed E-state index contributed by atoms with van der Waals surface area (Å²) in [4.78, 5) is 19.2. The fraction of sp³-hybridized carbons (Fsp3) is 1.00. The van der Waals surface area contributed by atoms with Crippen molar-refractivity contribution in [2.24, 2.45) is 0 Å². The standard InChI is InChI=1S/C10H18B2O8P2S2/c11-9-2-1-6(18-9)4-17-22(15,24)20-7-3-10(12)19-8(7)5-16-21(13,14)23/h6-10H,1-5H2,(H,15,24)(H2,13,14,23)/t6-,7?,8+,9+,10+,22?/m0/s1. The van der Waals surface area contributed by atoms with Crippen molar-refractivity contribution < 1.29 is 37.4 Å². The van der Waals surface area contributed by atoms with Crippen LogP contribution in [0.2, 0.25) is 0 Å². The Morgan fingerprint density at radius 3 is 2.46 bits per heavy atom. The molecule has 4 radical (unpaired) electrons. The lowest BCUT2D eigenvalue weighted by Gasteiger charge is -2.24. The molecule has 0 aromatic carbocycles. The zero-order valence-electron chi connectivity index (χ0n) is 12.7. The Kier molecular flexibility index (Phi) is 7.88. The Morgan fingerprint density at radius 2 is 1.88 bits per heavy atom. The van der Waals surface area contributed by atoms with Crippen LogP contribution in [0.15, 0.2) is 0 Å². The molecule has 0 bridgehead atoms. The summed E-state index contributed by atoms with van der Waals surface area (Å²) in [6, 6.07) is -1.01. The van der Waals surface area contributed by atoms with E-state index in [2.05, 4.69) is 12.2 Å². The van der Waals surface area contributed by atoms with Crippen molar-refractivity contribution in [2.75, 3.05) is 13.2 Å². The summed E-state index contributed by atoms with van der Waals surface area (Å²) in [6.45, 7) is -7.77. The maximum Gasteiger partial charge on any atom is 0.383 e. The van der Waals surface area contributed by atoms with Crippen LogP contribution in [0.5, 0.6) is 0 Å². The van der Waals surface area contributed by atoms with Crippen molar-refractivity contribution in [1.29, 1.82) is 0 Å². The van der Waals surface area contributed by atoms with Gasteiger partial charge in [0.15, 0.2) is 0 Å². The van der Waals surface area contributed by atoms with Gasteiger partial charge in [-0.25, -0.2) is 4.57 Å². The van der Waals surface area contributed by atoms with Crippen LogP contribution in [0.1, 0.15) is 19.3 Å². The second kappa shape index (κ2) is 8.85. The van der Waals surface area contributed by atoms with Gasteiger partial charge in [-0.05, 0) is 31.1 Å². The molecule has 2 rings (SSSR count). The van der Waals surface area contributed by atoms with Gasteiger partial charge >= 0.3 is 13.5 Å². The molecular weight excluding hydrogens is 396 g/mol. The van der Waals surface area contributed by atoms with E-state index in [0.29, 0.717) is 12.8 Å². The average molecular weight is 414 g/mol. The van der Waals surface area contributed by atoms with Crippen LogP contribution in [-0.2, 0) is 39.4 Å². The minimum Gasteiger partial charge on any atom is -0.382 e. The summed E-state index contributed by atoms with van der Waals surface area (Å²) in [7, 11) is 11.3. The zero-order chi connectivity index (χ0) is 18.0. The summed E-state index contributed by atoms with van der Waals surface area (Å²) >= 11 is 8.38. The molecule has 0 aromatic heterocycles. The van der Waals surface area contributed by atoms with E-state index in [-0.39, 0.29) is 31.7 Å². The number of hydrogen-bond donors (Lipinski definition) is 3. The van der Waals surface area contributed by atoms with Gasteiger partial charge in [-0.3, -0.25) is 4.52 Å². The molecule has 0 aliphatic carbocycles. The monoisotopic (exact) mass is 414 g/mol. The van der Waals surface area contributed by atoms with E-state index in [9.17, 15) is 9.46 Å². The molecule has 2 aliphatic rings. The molecule has 0 amide bonds. The van der Waals surface area contributed by atoms with Crippen LogP contribution in [0.25, 0.3) is 0 Å². The molecule has 134 valence electrons. The van der Waals surface area contributed by atoms with Gasteiger partial charge in [0.05, 0.1) is 25.4 Å². The van der Waals surface area contributed by atoms with Crippen LogP contribution in [-0.4, -0.2) is 69.0 Å². The van der Waals surface area contributed by atoms with Gasteiger partial charge in [0.1, 0.15) is 21.8 Å². The van der Waals surface area contributed by atoms with Gasteiger partial charge in [0.2, 0.25) is 0 Å². The van der Waals surface area contributed by atoms with Crippen LogP contribution in [0.3, 0.4) is 0 Å². The molecule has 2 saturated heterocycles. The first-order valence-corrected chi connectivity index (χ1v) is 12.5. The lowest BCUT2D eigenvalue weighted by molar-refractivity contribution is -0.00165. The molecule has 2 aliphatic heterocycles. The van der Waals surface area contributed by atoms with Crippen molar-refractivity contribution in [1.82, 2.24) is 0 Å². The fourth-order valence-corrected chi connectivity index (χ4v) is 4.45. The Hall–Kier alpha value is 1.08. The summed E-state index contributed by atoms with van der Waals surface area (Å²) in [5.41, 5.74) is 0. The SMILES string of the molecule is [B][C@H]1CC[C@@H](COP(O)(=S)OC2C[C@H]([B])O[C@@H]2COP(=O)(O)S)O1. The van der Waals surface area contributed by atoms with E-state index >= 15 is 0 Å². The van der Waals surface area contributed by atoms with E-state index in [4.69, 9.17) is 55.4 Å². The average Bonchev–Trinajstić information content (AvgIpc) is 2.99. The zero-order valence-corrected chi connectivity index (χ0v) is 16.2. The van der Waals surface area contributed by atoms with Gasteiger partial charge in [0.25, 0.3) is 0 Å². The highest BCUT2D eigenvalue weighted by atomic mass is 32.7. The molecule has 2 fully saturated rings. The van der Waals surface area contributed by atoms with Crippen molar-refractivity contribution in [2.45, 2.75) is 49.6 Å². The quantitative estimate of drug-likeness (QED) is 0.300. The van der Waals surface area contributed by atoms with Crippen molar-refractivity contribution >= 4 is 53.3 Å². The van der Waals surface area contributed by atoms with Crippen molar-refractivity contribution in [3.05, 3.63) is 0 Å². The van der Waals surface area contributed by atoms with Gasteiger partial charge in [-0.2, -0.15) is 0 Å². The van der Waals surface area contributed by atoms with Gasteiger partial charge in [0, 0.05) is 12.0 Å². The Balaban J connectivity index is 1.84. The molecule has 2 heterocycles. The van der Waals surface area contributed by atoms with Gasteiger partial charge in [-0.15, -0.1) is 0 Å². The van der Waals surface area contributed by atoms with Crippen molar-refractivity contribution in [3.63, 3.8) is 0 Å². The lowest BCUT2D eigenvalue weighted by Crippen LogP contribution is -2.28. The lowest BCUT2D eigenvalue weighted by atomic mass is 9.96. The van der Waals surface area contributed by atoms with Crippen LogP contribution >= 0.6 is 25.8 Å². The van der Waals surface area contributed by atoms with E-state index in [1.165, 1.54) is 0 Å². The second-order valence-electron chi connectivity index (χ2n) is 5.52. The third-order valence-corrected chi connectivity index (χ3v) is 5.89. The normalized spacial score (nSPS) is 38.7. The Bertz CT molecular complexity index is 523. The molecule has 0 aromatic rings. The maximum atomic E-state index is 11.1. The molecule has 14 heteroatoms. The third-order valence-electron chi connectivity index (χ3n) is 3.47. The summed E-state index contributed by atoms with van der Waals surface area (Å²) in [5, 5.41) is 0. The van der Waals surface area contributed by atoms with Crippen LogP contribution < -0.4 is 0 Å². The smallest absolute Gasteiger partial charge is 0.382 e. The van der Waals surface area contributed by atoms with Crippen LogP contribution in [0, 0.1) is 0 Å². The highest BCUT2D eigenvalue weighted by molar-refractivity contribution is 8.44. The fourth-order valence-electron chi connectivity index (χ4n) is 2.41. The van der Waals surface area contributed by atoms with E-state index in [0.717, 1.165) is 0 Å². The van der Waals surface area contributed by atoms with Gasteiger partial charge in [-0.1, -0.05) is 12.2 Å². The summed E-state index contributed by atoms with van der Waals surface area (Å²) < 4.78 is 37.2. The topological polar surface area (TPSA) is 104 Å². The second-order valence-corrected chi connectivity index (χ2v) is 11.1. The number of thiol groups is 1.